The molecule has 1 atom stereocenters. The van der Waals surface area contributed by atoms with Gasteiger partial charge in [-0.25, -0.2) is 0 Å². The largest absolute Gasteiger partial charge is 0.360 e. The fourth-order valence-corrected chi connectivity index (χ4v) is 15.3. The minimum Gasteiger partial charge on any atom is -0.360 e. The van der Waals surface area contributed by atoms with Crippen LogP contribution in [0.25, 0.3) is 54.9 Å². The van der Waals surface area contributed by atoms with E-state index in [2.05, 4.69) is 254 Å². The minimum atomic E-state index is -2.86. The van der Waals surface area contributed by atoms with E-state index in [0.717, 1.165) is 6.54 Å². The lowest BCUT2D eigenvalue weighted by Crippen LogP contribution is -2.75. The molecule has 296 valence electrons. The van der Waals surface area contributed by atoms with Gasteiger partial charge in [0.15, 0.2) is 8.07 Å². The van der Waals surface area contributed by atoms with Crippen LogP contribution >= 0.6 is 0 Å². The first-order chi connectivity index (χ1) is 30.7. The highest BCUT2D eigenvalue weighted by molar-refractivity contribution is 7.20. The van der Waals surface area contributed by atoms with Crippen LogP contribution in [0.15, 0.2) is 237 Å². The SMILES string of the molecule is CCN1c2ccc(-c3ccc(-c4c5ccccc5c(-c5ccccc5[Si](c5ccccc5)(c5ccccc5)c5ccccc5)c5ccccc45)cc3)cc2NC1c1ccccc1. The van der Waals surface area contributed by atoms with Gasteiger partial charge in [-0.2, -0.15) is 0 Å². The summed E-state index contributed by atoms with van der Waals surface area (Å²) in [4.78, 5) is 2.45. The number of nitrogens with zero attached hydrogens (tertiary/aromatic N) is 1. The summed E-state index contributed by atoms with van der Waals surface area (Å²) < 4.78 is 0. The predicted molar refractivity (Wildman–Crippen MR) is 267 cm³/mol. The number of rotatable bonds is 9. The van der Waals surface area contributed by atoms with Crippen molar-refractivity contribution < 1.29 is 0 Å². The van der Waals surface area contributed by atoms with E-state index in [1.54, 1.807) is 0 Å². The van der Waals surface area contributed by atoms with Crippen molar-refractivity contribution in [3.05, 3.63) is 242 Å². The Hall–Kier alpha value is -7.46. The zero-order valence-corrected chi connectivity index (χ0v) is 35.7. The lowest BCUT2D eigenvalue weighted by molar-refractivity contribution is 0.735. The van der Waals surface area contributed by atoms with Gasteiger partial charge in [-0.3, -0.25) is 0 Å². The van der Waals surface area contributed by atoms with Crippen molar-refractivity contribution in [2.24, 2.45) is 0 Å². The fourth-order valence-electron chi connectivity index (χ4n) is 10.3. The fraction of sp³-hybridized carbons (Fsp3) is 0.0508. The van der Waals surface area contributed by atoms with E-state index in [1.807, 2.05) is 0 Å². The summed E-state index contributed by atoms with van der Waals surface area (Å²) >= 11 is 0. The molecule has 1 heterocycles. The maximum Gasteiger partial charge on any atom is 0.180 e. The first kappa shape index (κ1) is 37.5. The molecule has 10 aromatic rings. The normalized spacial score (nSPS) is 13.6. The lowest BCUT2D eigenvalue weighted by atomic mass is 9.85. The predicted octanol–water partition coefficient (Wildman–Crippen LogP) is 12.3. The molecule has 0 amide bonds. The first-order valence-corrected chi connectivity index (χ1v) is 23.8. The molecule has 0 spiro atoms. The summed E-state index contributed by atoms with van der Waals surface area (Å²) in [6.45, 7) is 3.16. The van der Waals surface area contributed by atoms with E-state index in [4.69, 9.17) is 0 Å². The molecule has 3 heteroatoms. The number of hydrogen-bond acceptors (Lipinski definition) is 2. The van der Waals surface area contributed by atoms with Crippen molar-refractivity contribution in [2.45, 2.75) is 13.1 Å². The third kappa shape index (κ3) is 6.16. The lowest BCUT2D eigenvalue weighted by Gasteiger charge is -2.36. The maximum atomic E-state index is 3.83. The van der Waals surface area contributed by atoms with Gasteiger partial charge in [0.05, 0.1) is 11.4 Å². The highest BCUT2D eigenvalue weighted by Crippen LogP contribution is 2.45. The second kappa shape index (κ2) is 15.9. The molecule has 0 saturated heterocycles. The second-order valence-electron chi connectivity index (χ2n) is 16.3. The summed E-state index contributed by atoms with van der Waals surface area (Å²) in [6.07, 6.45) is 0.124. The molecule has 0 aromatic heterocycles. The Kier molecular flexibility index (Phi) is 9.60. The topological polar surface area (TPSA) is 15.3 Å². The van der Waals surface area contributed by atoms with E-state index in [9.17, 15) is 0 Å². The molecular formula is C59H46N2Si. The smallest absolute Gasteiger partial charge is 0.180 e. The van der Waals surface area contributed by atoms with E-state index >= 15 is 0 Å². The molecule has 1 aliphatic rings. The van der Waals surface area contributed by atoms with Crippen LogP contribution in [0.5, 0.6) is 0 Å². The molecular weight excluding hydrogens is 765 g/mol. The molecule has 0 aliphatic carbocycles. The average molecular weight is 811 g/mol. The van der Waals surface area contributed by atoms with Crippen LogP contribution in [-0.2, 0) is 0 Å². The molecule has 0 saturated carbocycles. The molecule has 11 rings (SSSR count). The molecule has 0 fully saturated rings. The minimum absolute atomic E-state index is 0.124. The van der Waals surface area contributed by atoms with Gasteiger partial charge in [0.1, 0.15) is 6.17 Å². The van der Waals surface area contributed by atoms with Crippen molar-refractivity contribution in [3.63, 3.8) is 0 Å². The van der Waals surface area contributed by atoms with E-state index < -0.39 is 8.07 Å². The van der Waals surface area contributed by atoms with Crippen LogP contribution in [0.4, 0.5) is 11.4 Å². The van der Waals surface area contributed by atoms with Gasteiger partial charge in [-0.1, -0.05) is 224 Å². The van der Waals surface area contributed by atoms with Crippen molar-refractivity contribution in [2.75, 3.05) is 16.8 Å². The van der Waals surface area contributed by atoms with Gasteiger partial charge in [0, 0.05) is 6.54 Å². The van der Waals surface area contributed by atoms with Gasteiger partial charge in [0.2, 0.25) is 0 Å². The number of fused-ring (bicyclic) bond motifs is 3. The molecule has 1 unspecified atom stereocenters. The third-order valence-electron chi connectivity index (χ3n) is 13.0. The second-order valence-corrected chi connectivity index (χ2v) is 20.1. The maximum absolute atomic E-state index is 3.83. The van der Waals surface area contributed by atoms with E-state index in [0.29, 0.717) is 0 Å². The summed E-state index contributed by atoms with van der Waals surface area (Å²) in [5.74, 6) is 0. The van der Waals surface area contributed by atoms with Gasteiger partial charge in [-0.05, 0) is 100 Å². The van der Waals surface area contributed by atoms with Crippen LogP contribution in [-0.4, -0.2) is 14.6 Å². The van der Waals surface area contributed by atoms with Gasteiger partial charge < -0.3 is 10.2 Å². The van der Waals surface area contributed by atoms with Crippen LogP contribution in [0, 0.1) is 0 Å². The zero-order chi connectivity index (χ0) is 41.5. The molecule has 2 nitrogen and oxygen atoms in total. The van der Waals surface area contributed by atoms with Crippen LogP contribution in [0.3, 0.4) is 0 Å². The first-order valence-electron chi connectivity index (χ1n) is 21.8. The summed E-state index contributed by atoms with van der Waals surface area (Å²) in [6, 6.07) is 88.0. The quantitative estimate of drug-likeness (QED) is 0.0887. The Morgan fingerprint density at radius 3 is 1.39 bits per heavy atom. The molecule has 1 aliphatic heterocycles. The van der Waals surface area contributed by atoms with Crippen LogP contribution < -0.4 is 31.0 Å². The van der Waals surface area contributed by atoms with Gasteiger partial charge >= 0.3 is 0 Å². The zero-order valence-electron chi connectivity index (χ0n) is 34.7. The van der Waals surface area contributed by atoms with Gasteiger partial charge in [-0.15, -0.1) is 0 Å². The average Bonchev–Trinajstić information content (AvgIpc) is 3.73. The number of nitrogens with one attached hydrogen (secondary N) is 1. The van der Waals surface area contributed by atoms with Crippen molar-refractivity contribution >= 4 is 61.7 Å². The van der Waals surface area contributed by atoms with Crippen molar-refractivity contribution in [3.8, 4) is 33.4 Å². The monoisotopic (exact) mass is 810 g/mol. The van der Waals surface area contributed by atoms with Crippen LogP contribution in [0.2, 0.25) is 0 Å². The standard InChI is InChI=1S/C59H46N2Si/c1-2-61-55-40-39-45(41-54(55)60-59(61)44-21-7-3-8-22-44)42-35-37-43(38-36-42)57-49-29-15-17-31-51(49)58(52-32-18-16-30-50(52)57)53-33-19-20-34-56(53)62(46-23-9-4-10-24-46,47-25-11-5-12-26-47)48-27-13-6-14-28-48/h3-41,59-60H,2H2,1H3. The molecule has 62 heavy (non-hydrogen) atoms. The molecule has 0 radical (unpaired) electrons. The summed E-state index contributed by atoms with van der Waals surface area (Å²) in [5.41, 5.74) is 11.1. The molecule has 10 aromatic carbocycles. The third-order valence-corrected chi connectivity index (χ3v) is 17.9. The van der Waals surface area contributed by atoms with Crippen molar-refractivity contribution in [1.82, 2.24) is 0 Å². The highest BCUT2D eigenvalue weighted by Gasteiger charge is 2.43. The van der Waals surface area contributed by atoms with Gasteiger partial charge in [0.25, 0.3) is 0 Å². The number of benzene rings is 10. The molecule has 0 bridgehead atoms. The Morgan fingerprint density at radius 2 is 0.855 bits per heavy atom. The Balaban J connectivity index is 1.08. The number of hydrogen-bond donors (Lipinski definition) is 1. The highest BCUT2D eigenvalue weighted by atomic mass is 28.3. The van der Waals surface area contributed by atoms with Crippen LogP contribution in [0.1, 0.15) is 18.7 Å². The Labute approximate surface area is 365 Å². The summed E-state index contributed by atoms with van der Waals surface area (Å²) in [7, 11) is -2.86. The van der Waals surface area contributed by atoms with Crippen molar-refractivity contribution in [1.29, 1.82) is 0 Å². The Morgan fingerprint density at radius 1 is 0.419 bits per heavy atom. The van der Waals surface area contributed by atoms with E-state index in [1.165, 1.54) is 92.6 Å². The summed E-state index contributed by atoms with van der Waals surface area (Å²) in [5, 5.41) is 14.3. The molecule has 1 N–H and O–H groups in total. The number of anilines is 2. The van der Waals surface area contributed by atoms with E-state index in [-0.39, 0.29) is 6.17 Å². The Bertz CT molecular complexity index is 3030.